The van der Waals surface area contributed by atoms with E-state index in [-0.39, 0.29) is 6.04 Å². The number of benzene rings is 1. The number of rotatable bonds is 5. The van der Waals surface area contributed by atoms with E-state index in [1.54, 1.807) is 0 Å². The molecule has 2 unspecified atom stereocenters. The van der Waals surface area contributed by atoms with Crippen LogP contribution in [0.5, 0.6) is 0 Å². The van der Waals surface area contributed by atoms with Gasteiger partial charge in [-0.3, -0.25) is 4.68 Å². The molecule has 0 bridgehead atoms. The van der Waals surface area contributed by atoms with Gasteiger partial charge in [0.1, 0.15) is 0 Å². The second kappa shape index (κ2) is 5.83. The van der Waals surface area contributed by atoms with E-state index >= 15 is 0 Å². The summed E-state index contributed by atoms with van der Waals surface area (Å²) >= 11 is 0. The van der Waals surface area contributed by atoms with Gasteiger partial charge < -0.3 is 5.73 Å². The molecule has 2 atom stereocenters. The molecule has 96 valence electrons. The Balaban J connectivity index is 2.20. The first-order valence-corrected chi connectivity index (χ1v) is 6.56. The van der Waals surface area contributed by atoms with E-state index in [9.17, 15) is 0 Å². The quantitative estimate of drug-likeness (QED) is 0.877. The summed E-state index contributed by atoms with van der Waals surface area (Å²) in [5.41, 5.74) is 8.78. The smallest absolute Gasteiger partial charge is 0.0557 e. The Bertz CT molecular complexity index is 475. The molecule has 1 aromatic carbocycles. The first kappa shape index (κ1) is 12.8. The second-order valence-electron chi connectivity index (χ2n) is 4.70. The molecule has 3 nitrogen and oxygen atoms in total. The van der Waals surface area contributed by atoms with Crippen molar-refractivity contribution >= 4 is 0 Å². The van der Waals surface area contributed by atoms with Crippen LogP contribution in [-0.2, 0) is 6.54 Å². The highest BCUT2D eigenvalue weighted by atomic mass is 15.3. The molecule has 0 fully saturated rings. The van der Waals surface area contributed by atoms with Crippen molar-refractivity contribution in [3.63, 3.8) is 0 Å². The minimum Gasteiger partial charge on any atom is -0.322 e. The highest BCUT2D eigenvalue weighted by Crippen LogP contribution is 2.28. The molecular weight excluding hydrogens is 222 g/mol. The Labute approximate surface area is 109 Å². The molecule has 1 aromatic heterocycles. The van der Waals surface area contributed by atoms with Gasteiger partial charge in [-0.05, 0) is 18.1 Å². The number of hydrogen-bond donors (Lipinski definition) is 1. The van der Waals surface area contributed by atoms with Crippen LogP contribution in [0.3, 0.4) is 0 Å². The summed E-state index contributed by atoms with van der Waals surface area (Å²) in [6.07, 6.45) is 2.91. The average molecular weight is 243 g/mol. The van der Waals surface area contributed by atoms with Crippen LogP contribution in [0.1, 0.15) is 43.5 Å². The first-order chi connectivity index (χ1) is 8.74. The van der Waals surface area contributed by atoms with E-state index in [1.807, 2.05) is 23.0 Å². The predicted molar refractivity (Wildman–Crippen MR) is 74.3 cm³/mol. The summed E-state index contributed by atoms with van der Waals surface area (Å²) < 4.78 is 2.02. The third kappa shape index (κ3) is 2.62. The van der Waals surface area contributed by atoms with Crippen molar-refractivity contribution in [3.8, 4) is 0 Å². The van der Waals surface area contributed by atoms with Crippen LogP contribution < -0.4 is 5.73 Å². The van der Waals surface area contributed by atoms with Gasteiger partial charge in [0.25, 0.3) is 0 Å². The predicted octanol–water partition coefficient (Wildman–Crippen LogP) is 3.10. The highest BCUT2D eigenvalue weighted by Gasteiger charge is 2.19. The highest BCUT2D eigenvalue weighted by molar-refractivity contribution is 5.23. The average Bonchev–Trinajstić information content (AvgIpc) is 2.87. The van der Waals surface area contributed by atoms with Gasteiger partial charge in [0.15, 0.2) is 0 Å². The van der Waals surface area contributed by atoms with Crippen molar-refractivity contribution in [1.29, 1.82) is 0 Å². The molecular formula is C15H21N3. The van der Waals surface area contributed by atoms with Crippen molar-refractivity contribution in [2.75, 3.05) is 0 Å². The largest absolute Gasteiger partial charge is 0.322 e. The van der Waals surface area contributed by atoms with Crippen LogP contribution in [0, 0.1) is 0 Å². The van der Waals surface area contributed by atoms with E-state index in [1.165, 1.54) is 5.56 Å². The molecule has 0 aliphatic heterocycles. The SMILES string of the molecule is CCCn1nccc1C(N)C(C)c1ccccc1. The topological polar surface area (TPSA) is 43.8 Å². The third-order valence-corrected chi connectivity index (χ3v) is 3.39. The van der Waals surface area contributed by atoms with Crippen molar-refractivity contribution in [3.05, 3.63) is 53.9 Å². The van der Waals surface area contributed by atoms with Gasteiger partial charge in [-0.1, -0.05) is 44.2 Å². The Morgan fingerprint density at radius 2 is 1.94 bits per heavy atom. The van der Waals surface area contributed by atoms with Crippen LogP contribution in [0.4, 0.5) is 0 Å². The molecule has 0 saturated heterocycles. The molecule has 2 N–H and O–H groups in total. The number of aromatic nitrogens is 2. The number of nitrogens with two attached hydrogens (primary N) is 1. The van der Waals surface area contributed by atoms with Gasteiger partial charge in [-0.2, -0.15) is 5.10 Å². The molecule has 0 saturated carbocycles. The molecule has 0 aliphatic carbocycles. The minimum atomic E-state index is -0.0125. The molecule has 2 aromatic rings. The Kier molecular flexibility index (Phi) is 4.15. The Morgan fingerprint density at radius 3 is 2.61 bits per heavy atom. The lowest BCUT2D eigenvalue weighted by atomic mass is 9.92. The Morgan fingerprint density at radius 1 is 1.22 bits per heavy atom. The third-order valence-electron chi connectivity index (χ3n) is 3.39. The van der Waals surface area contributed by atoms with Gasteiger partial charge in [0, 0.05) is 18.7 Å². The number of nitrogens with zero attached hydrogens (tertiary/aromatic N) is 2. The zero-order valence-electron chi connectivity index (χ0n) is 11.1. The lowest BCUT2D eigenvalue weighted by molar-refractivity contribution is 0.502. The van der Waals surface area contributed by atoms with Crippen LogP contribution >= 0.6 is 0 Å². The normalized spacial score (nSPS) is 14.4. The second-order valence-corrected chi connectivity index (χ2v) is 4.70. The van der Waals surface area contributed by atoms with Crippen LogP contribution in [0.25, 0.3) is 0 Å². The van der Waals surface area contributed by atoms with E-state index in [0.717, 1.165) is 18.7 Å². The fourth-order valence-electron chi connectivity index (χ4n) is 2.24. The first-order valence-electron chi connectivity index (χ1n) is 6.56. The van der Waals surface area contributed by atoms with Gasteiger partial charge in [-0.15, -0.1) is 0 Å². The molecule has 0 spiro atoms. The fraction of sp³-hybridized carbons (Fsp3) is 0.400. The summed E-state index contributed by atoms with van der Waals surface area (Å²) in [7, 11) is 0. The molecule has 2 rings (SSSR count). The Hall–Kier alpha value is -1.61. The number of hydrogen-bond acceptors (Lipinski definition) is 2. The minimum absolute atomic E-state index is 0.0125. The van der Waals surface area contributed by atoms with Crippen molar-refractivity contribution < 1.29 is 0 Å². The summed E-state index contributed by atoms with van der Waals surface area (Å²) in [5, 5.41) is 4.34. The number of aryl methyl sites for hydroxylation is 1. The zero-order valence-corrected chi connectivity index (χ0v) is 11.1. The maximum Gasteiger partial charge on any atom is 0.0557 e. The van der Waals surface area contributed by atoms with Crippen molar-refractivity contribution in [2.24, 2.45) is 5.73 Å². The maximum absolute atomic E-state index is 6.39. The monoisotopic (exact) mass is 243 g/mol. The lowest BCUT2D eigenvalue weighted by Crippen LogP contribution is -2.21. The summed E-state index contributed by atoms with van der Waals surface area (Å²) in [5.74, 6) is 0.290. The molecule has 1 heterocycles. The van der Waals surface area contributed by atoms with Gasteiger partial charge in [0.2, 0.25) is 0 Å². The molecule has 18 heavy (non-hydrogen) atoms. The summed E-state index contributed by atoms with van der Waals surface area (Å²) in [6.45, 7) is 5.25. The van der Waals surface area contributed by atoms with Crippen molar-refractivity contribution in [1.82, 2.24) is 9.78 Å². The molecule has 0 aliphatic rings. The van der Waals surface area contributed by atoms with Crippen molar-refractivity contribution in [2.45, 2.75) is 38.8 Å². The van der Waals surface area contributed by atoms with E-state index in [2.05, 4.69) is 43.2 Å². The van der Waals surface area contributed by atoms with Crippen LogP contribution in [0.15, 0.2) is 42.6 Å². The molecule has 0 radical (unpaired) electrons. The molecule has 0 amide bonds. The zero-order chi connectivity index (χ0) is 13.0. The van der Waals surface area contributed by atoms with Gasteiger partial charge in [0.05, 0.1) is 11.7 Å². The lowest BCUT2D eigenvalue weighted by Gasteiger charge is -2.21. The van der Waals surface area contributed by atoms with Gasteiger partial charge >= 0.3 is 0 Å². The summed E-state index contributed by atoms with van der Waals surface area (Å²) in [6, 6.07) is 12.4. The fourth-order valence-corrected chi connectivity index (χ4v) is 2.24. The molecule has 3 heteroatoms. The van der Waals surface area contributed by atoms with E-state index in [4.69, 9.17) is 5.73 Å². The van der Waals surface area contributed by atoms with Crippen LogP contribution in [-0.4, -0.2) is 9.78 Å². The van der Waals surface area contributed by atoms with Crippen LogP contribution in [0.2, 0.25) is 0 Å². The maximum atomic E-state index is 6.39. The van der Waals surface area contributed by atoms with E-state index < -0.39 is 0 Å². The van der Waals surface area contributed by atoms with E-state index in [0.29, 0.717) is 5.92 Å². The summed E-state index contributed by atoms with van der Waals surface area (Å²) in [4.78, 5) is 0. The standard InChI is InChI=1S/C15H21N3/c1-3-11-18-14(9-10-17-18)15(16)12(2)13-7-5-4-6-8-13/h4-10,12,15H,3,11,16H2,1-2H3. The van der Waals surface area contributed by atoms with Gasteiger partial charge in [-0.25, -0.2) is 0 Å².